The Bertz CT molecular complexity index is 250. The fourth-order valence-corrected chi connectivity index (χ4v) is 1.60. The van der Waals surface area contributed by atoms with E-state index in [4.69, 9.17) is 9.84 Å². The number of morpholine rings is 1. The topological polar surface area (TPSA) is 61.8 Å². The lowest BCUT2D eigenvalue weighted by Crippen LogP contribution is -2.57. The van der Waals surface area contributed by atoms with Gasteiger partial charge in [-0.25, -0.2) is 4.79 Å². The third-order valence-electron chi connectivity index (χ3n) is 2.45. The van der Waals surface area contributed by atoms with Gasteiger partial charge in [0.1, 0.15) is 0 Å². The molecule has 0 bridgehead atoms. The van der Waals surface area contributed by atoms with Crippen LogP contribution >= 0.6 is 0 Å². The molecule has 1 aliphatic rings. The van der Waals surface area contributed by atoms with E-state index in [2.05, 4.69) is 5.32 Å². The van der Waals surface area contributed by atoms with Crippen molar-refractivity contribution in [3.05, 3.63) is 0 Å². The summed E-state index contributed by atoms with van der Waals surface area (Å²) < 4.78 is 5.38. The first kappa shape index (κ1) is 13.3. The Morgan fingerprint density at radius 3 is 2.69 bits per heavy atom. The molecule has 2 atom stereocenters. The van der Waals surface area contributed by atoms with Gasteiger partial charge >= 0.3 is 6.03 Å². The van der Waals surface area contributed by atoms with Crippen LogP contribution in [-0.4, -0.2) is 53.5 Å². The van der Waals surface area contributed by atoms with Crippen LogP contribution in [0.2, 0.25) is 0 Å². The van der Waals surface area contributed by atoms with Crippen molar-refractivity contribution in [1.29, 1.82) is 0 Å². The van der Waals surface area contributed by atoms with Crippen LogP contribution in [0.1, 0.15) is 27.7 Å². The van der Waals surface area contributed by atoms with Gasteiger partial charge in [-0.15, -0.1) is 0 Å². The standard InChI is InChI=1S/C11H22N2O3/c1-8-7-16-9(6-14)5-13(8)10(15)12-11(2,3)4/h8-9,14H,5-7H2,1-4H3,(H,12,15). The predicted molar refractivity (Wildman–Crippen MR) is 61.3 cm³/mol. The molecule has 5 heteroatoms. The minimum atomic E-state index is -0.262. The van der Waals surface area contributed by atoms with Crippen molar-refractivity contribution in [3.8, 4) is 0 Å². The maximum atomic E-state index is 12.0. The highest BCUT2D eigenvalue weighted by molar-refractivity contribution is 5.75. The van der Waals surface area contributed by atoms with E-state index < -0.39 is 0 Å². The Balaban J connectivity index is 2.59. The van der Waals surface area contributed by atoms with Crippen molar-refractivity contribution in [3.63, 3.8) is 0 Å². The number of nitrogens with zero attached hydrogens (tertiary/aromatic N) is 1. The molecule has 1 rings (SSSR count). The maximum absolute atomic E-state index is 12.0. The molecule has 0 aromatic rings. The summed E-state index contributed by atoms with van der Waals surface area (Å²) in [5, 5.41) is 11.9. The van der Waals surface area contributed by atoms with Crippen LogP contribution in [-0.2, 0) is 4.74 Å². The molecule has 0 aromatic heterocycles. The van der Waals surface area contributed by atoms with E-state index in [9.17, 15) is 4.79 Å². The van der Waals surface area contributed by atoms with Gasteiger partial charge in [-0.2, -0.15) is 0 Å². The molecule has 16 heavy (non-hydrogen) atoms. The van der Waals surface area contributed by atoms with E-state index in [0.717, 1.165) is 0 Å². The van der Waals surface area contributed by atoms with E-state index in [-0.39, 0.29) is 30.3 Å². The molecule has 2 amide bonds. The molecular weight excluding hydrogens is 208 g/mol. The Morgan fingerprint density at radius 1 is 1.56 bits per heavy atom. The molecule has 5 nitrogen and oxygen atoms in total. The first-order valence-corrected chi connectivity index (χ1v) is 5.64. The van der Waals surface area contributed by atoms with Crippen LogP contribution < -0.4 is 5.32 Å². The molecule has 0 aliphatic carbocycles. The van der Waals surface area contributed by atoms with Crippen LogP contribution in [0, 0.1) is 0 Å². The van der Waals surface area contributed by atoms with Gasteiger partial charge in [-0.1, -0.05) is 0 Å². The fraction of sp³-hybridized carbons (Fsp3) is 0.909. The largest absolute Gasteiger partial charge is 0.394 e. The van der Waals surface area contributed by atoms with Crippen LogP contribution in [0.15, 0.2) is 0 Å². The second-order valence-corrected chi connectivity index (χ2v) is 5.32. The SMILES string of the molecule is CC1COC(CO)CN1C(=O)NC(C)(C)C. The number of carbonyl (C=O) groups is 1. The molecule has 94 valence electrons. The Morgan fingerprint density at radius 2 is 2.19 bits per heavy atom. The average Bonchev–Trinajstić information content (AvgIpc) is 2.15. The fourth-order valence-electron chi connectivity index (χ4n) is 1.60. The highest BCUT2D eigenvalue weighted by atomic mass is 16.5. The highest BCUT2D eigenvalue weighted by Crippen LogP contribution is 2.12. The minimum absolute atomic E-state index is 0.0464. The summed E-state index contributed by atoms with van der Waals surface area (Å²) in [6.07, 6.45) is -0.262. The van der Waals surface area contributed by atoms with Gasteiger partial charge < -0.3 is 20.1 Å². The van der Waals surface area contributed by atoms with Gasteiger partial charge in [0.2, 0.25) is 0 Å². The van der Waals surface area contributed by atoms with Gasteiger partial charge in [-0.3, -0.25) is 0 Å². The summed E-state index contributed by atoms with van der Waals surface area (Å²) >= 11 is 0. The lowest BCUT2D eigenvalue weighted by Gasteiger charge is -2.38. The van der Waals surface area contributed by atoms with Crippen molar-refractivity contribution in [1.82, 2.24) is 10.2 Å². The summed E-state index contributed by atoms with van der Waals surface area (Å²) in [5.41, 5.74) is -0.246. The smallest absolute Gasteiger partial charge is 0.318 e. The van der Waals surface area contributed by atoms with Crippen LogP contribution in [0.4, 0.5) is 4.79 Å². The minimum Gasteiger partial charge on any atom is -0.394 e. The van der Waals surface area contributed by atoms with E-state index >= 15 is 0 Å². The zero-order chi connectivity index (χ0) is 12.3. The molecule has 1 saturated heterocycles. The average molecular weight is 230 g/mol. The Hall–Kier alpha value is -0.810. The van der Waals surface area contributed by atoms with Crippen molar-refractivity contribution < 1.29 is 14.6 Å². The maximum Gasteiger partial charge on any atom is 0.318 e. The second-order valence-electron chi connectivity index (χ2n) is 5.32. The second kappa shape index (κ2) is 5.01. The van der Waals surface area contributed by atoms with Crippen molar-refractivity contribution in [2.75, 3.05) is 19.8 Å². The number of amides is 2. The number of rotatable bonds is 1. The Labute approximate surface area is 96.8 Å². The number of urea groups is 1. The molecule has 2 N–H and O–H groups in total. The Kier molecular flexibility index (Phi) is 4.15. The van der Waals surface area contributed by atoms with Crippen molar-refractivity contribution >= 4 is 6.03 Å². The molecule has 0 radical (unpaired) electrons. The van der Waals surface area contributed by atoms with Crippen LogP contribution in [0.25, 0.3) is 0 Å². The monoisotopic (exact) mass is 230 g/mol. The normalized spacial score (nSPS) is 26.7. The van der Waals surface area contributed by atoms with E-state index in [1.54, 1.807) is 4.90 Å². The molecule has 2 unspecified atom stereocenters. The summed E-state index contributed by atoms with van der Waals surface area (Å²) in [7, 11) is 0. The molecular formula is C11H22N2O3. The first-order chi connectivity index (χ1) is 7.33. The van der Waals surface area contributed by atoms with Gasteiger partial charge in [0.05, 0.1) is 31.9 Å². The first-order valence-electron chi connectivity index (χ1n) is 5.64. The molecule has 1 aliphatic heterocycles. The van der Waals surface area contributed by atoms with E-state index in [1.807, 2.05) is 27.7 Å². The van der Waals surface area contributed by atoms with Crippen LogP contribution in [0.3, 0.4) is 0 Å². The lowest BCUT2D eigenvalue weighted by molar-refractivity contribution is -0.0633. The molecule has 1 heterocycles. The van der Waals surface area contributed by atoms with Crippen molar-refractivity contribution in [2.45, 2.75) is 45.4 Å². The zero-order valence-corrected chi connectivity index (χ0v) is 10.5. The third-order valence-corrected chi connectivity index (χ3v) is 2.45. The third kappa shape index (κ3) is 3.64. The summed E-state index contributed by atoms with van der Waals surface area (Å²) in [6, 6.07) is -0.0492. The summed E-state index contributed by atoms with van der Waals surface area (Å²) in [6.45, 7) is 8.64. The van der Waals surface area contributed by atoms with Crippen LogP contribution in [0.5, 0.6) is 0 Å². The summed E-state index contributed by atoms with van der Waals surface area (Å²) in [5.74, 6) is 0. The van der Waals surface area contributed by atoms with Gasteiger partial charge in [-0.05, 0) is 27.7 Å². The predicted octanol–water partition coefficient (Wildman–Crippen LogP) is 0.576. The van der Waals surface area contributed by atoms with Gasteiger partial charge in [0, 0.05) is 5.54 Å². The van der Waals surface area contributed by atoms with Gasteiger partial charge in [0.15, 0.2) is 0 Å². The molecule has 0 aromatic carbocycles. The number of carbonyl (C=O) groups excluding carboxylic acids is 1. The number of hydrogen-bond acceptors (Lipinski definition) is 3. The van der Waals surface area contributed by atoms with Crippen molar-refractivity contribution in [2.24, 2.45) is 0 Å². The highest BCUT2D eigenvalue weighted by Gasteiger charge is 2.30. The molecule has 0 saturated carbocycles. The number of nitrogens with one attached hydrogen (secondary N) is 1. The molecule has 1 fully saturated rings. The van der Waals surface area contributed by atoms with E-state index in [0.29, 0.717) is 13.2 Å². The molecule has 0 spiro atoms. The number of aliphatic hydroxyl groups excluding tert-OH is 1. The number of aliphatic hydroxyl groups is 1. The van der Waals surface area contributed by atoms with Gasteiger partial charge in [0.25, 0.3) is 0 Å². The van der Waals surface area contributed by atoms with E-state index in [1.165, 1.54) is 0 Å². The number of ether oxygens (including phenoxy) is 1. The quantitative estimate of drug-likeness (QED) is 0.692. The number of hydrogen-bond donors (Lipinski definition) is 2. The zero-order valence-electron chi connectivity index (χ0n) is 10.5. The summed E-state index contributed by atoms with van der Waals surface area (Å²) in [4.78, 5) is 13.7. The lowest BCUT2D eigenvalue weighted by atomic mass is 10.1.